The Bertz CT molecular complexity index is 577. The molecule has 7 heteroatoms. The van der Waals surface area contributed by atoms with Crippen molar-refractivity contribution in [1.29, 1.82) is 0 Å². The molecule has 0 radical (unpaired) electrons. The van der Waals surface area contributed by atoms with E-state index in [4.69, 9.17) is 28.9 Å². The van der Waals surface area contributed by atoms with Crippen LogP contribution in [0.4, 0.5) is 5.69 Å². The van der Waals surface area contributed by atoms with Crippen LogP contribution in [-0.4, -0.2) is 29.1 Å². The van der Waals surface area contributed by atoms with Crippen molar-refractivity contribution in [2.24, 2.45) is 5.73 Å². The first kappa shape index (κ1) is 15.1. The Hall–Kier alpha value is -1.30. The lowest BCUT2D eigenvalue weighted by Crippen LogP contribution is -2.49. The summed E-state index contributed by atoms with van der Waals surface area (Å²) in [7, 11) is 0. The van der Waals surface area contributed by atoms with Gasteiger partial charge in [-0.25, -0.2) is 4.79 Å². The zero-order valence-corrected chi connectivity index (χ0v) is 12.3. The fraction of sp³-hybridized carbons (Fsp3) is 0.385. The summed E-state index contributed by atoms with van der Waals surface area (Å²) in [6.07, 6.45) is 0.560. The molecule has 2 rings (SSSR count). The molecule has 1 aliphatic heterocycles. The number of carbonyl (C=O) groups is 2. The van der Waals surface area contributed by atoms with Crippen molar-refractivity contribution >= 4 is 40.8 Å². The van der Waals surface area contributed by atoms with E-state index in [1.165, 1.54) is 4.90 Å². The second-order valence-electron chi connectivity index (χ2n) is 4.64. The first-order valence-electron chi connectivity index (χ1n) is 6.16. The number of nitrogens with two attached hydrogens (primary N) is 1. The van der Waals surface area contributed by atoms with E-state index in [1.807, 2.05) is 0 Å². The van der Waals surface area contributed by atoms with Crippen molar-refractivity contribution in [2.45, 2.75) is 31.8 Å². The van der Waals surface area contributed by atoms with Crippen molar-refractivity contribution in [3.63, 3.8) is 0 Å². The predicted molar refractivity (Wildman–Crippen MR) is 77.3 cm³/mol. The smallest absolute Gasteiger partial charge is 0.327 e. The molecular weight excluding hydrogens is 303 g/mol. The highest BCUT2D eigenvalue weighted by Gasteiger charge is 2.41. The molecule has 2 atom stereocenters. The largest absolute Gasteiger partial charge is 0.480 e. The van der Waals surface area contributed by atoms with Gasteiger partial charge in [0.1, 0.15) is 6.04 Å². The van der Waals surface area contributed by atoms with E-state index in [2.05, 4.69) is 0 Å². The monoisotopic (exact) mass is 316 g/mol. The summed E-state index contributed by atoms with van der Waals surface area (Å²) < 4.78 is 0. The minimum absolute atomic E-state index is 0.131. The third-order valence-corrected chi connectivity index (χ3v) is 4.26. The van der Waals surface area contributed by atoms with Crippen LogP contribution in [0.1, 0.15) is 18.9 Å². The second-order valence-corrected chi connectivity index (χ2v) is 5.43. The Morgan fingerprint density at radius 1 is 1.50 bits per heavy atom. The number of carboxylic acids is 1. The van der Waals surface area contributed by atoms with Crippen LogP contribution < -0.4 is 10.6 Å². The Morgan fingerprint density at radius 2 is 2.15 bits per heavy atom. The minimum atomic E-state index is -1.09. The molecule has 3 N–H and O–H groups in total. The molecule has 1 amide bonds. The first-order chi connectivity index (χ1) is 9.38. The highest BCUT2D eigenvalue weighted by Crippen LogP contribution is 2.40. The molecule has 0 unspecified atom stereocenters. The molecular formula is C13H14Cl2N2O3. The molecule has 1 aromatic carbocycles. The summed E-state index contributed by atoms with van der Waals surface area (Å²) >= 11 is 12.0. The molecule has 20 heavy (non-hydrogen) atoms. The third kappa shape index (κ3) is 2.37. The highest BCUT2D eigenvalue weighted by atomic mass is 35.5. The van der Waals surface area contributed by atoms with Crippen LogP contribution in [0.15, 0.2) is 12.1 Å². The van der Waals surface area contributed by atoms with Crippen LogP contribution in [0.25, 0.3) is 0 Å². The van der Waals surface area contributed by atoms with E-state index >= 15 is 0 Å². The number of hydrogen-bond donors (Lipinski definition) is 2. The van der Waals surface area contributed by atoms with Gasteiger partial charge >= 0.3 is 5.97 Å². The summed E-state index contributed by atoms with van der Waals surface area (Å²) in [5.74, 6) is -1.51. The third-order valence-electron chi connectivity index (χ3n) is 3.42. The lowest BCUT2D eigenvalue weighted by molar-refractivity contribution is -0.140. The molecule has 0 aliphatic carbocycles. The van der Waals surface area contributed by atoms with E-state index in [1.54, 1.807) is 19.1 Å². The Balaban J connectivity index is 2.51. The molecule has 108 valence electrons. The zero-order chi connectivity index (χ0) is 15.0. The van der Waals surface area contributed by atoms with Crippen molar-refractivity contribution in [2.75, 3.05) is 4.90 Å². The fourth-order valence-electron chi connectivity index (χ4n) is 2.28. The molecule has 5 nitrogen and oxygen atoms in total. The van der Waals surface area contributed by atoms with Gasteiger partial charge in [-0.1, -0.05) is 30.1 Å². The summed E-state index contributed by atoms with van der Waals surface area (Å²) in [4.78, 5) is 24.9. The maximum Gasteiger partial charge on any atom is 0.327 e. The lowest BCUT2D eigenvalue weighted by Gasteiger charge is -2.25. The van der Waals surface area contributed by atoms with E-state index in [-0.39, 0.29) is 11.4 Å². The SMILES string of the molecule is CC[C@H](N)C(=O)N1c2ccc(Cl)c(Cl)c2C[C@H]1C(=O)O. The first-order valence-corrected chi connectivity index (χ1v) is 6.92. The Morgan fingerprint density at radius 3 is 2.70 bits per heavy atom. The van der Waals surface area contributed by atoms with Crippen LogP contribution in [0, 0.1) is 0 Å². The quantitative estimate of drug-likeness (QED) is 0.894. The molecule has 1 heterocycles. The molecule has 0 aromatic heterocycles. The normalized spacial score (nSPS) is 18.8. The van der Waals surface area contributed by atoms with Crippen molar-refractivity contribution < 1.29 is 14.7 Å². The Kier molecular flexibility index (Phi) is 4.22. The molecule has 0 fully saturated rings. The number of rotatable bonds is 3. The van der Waals surface area contributed by atoms with Crippen molar-refractivity contribution in [3.05, 3.63) is 27.7 Å². The van der Waals surface area contributed by atoms with Gasteiger partial charge in [-0.2, -0.15) is 0 Å². The molecule has 1 aliphatic rings. The number of benzene rings is 1. The number of aliphatic carboxylic acids is 1. The number of nitrogens with zero attached hydrogens (tertiary/aromatic N) is 1. The van der Waals surface area contributed by atoms with Gasteiger partial charge in [0, 0.05) is 12.1 Å². The number of amides is 1. The van der Waals surface area contributed by atoms with Crippen molar-refractivity contribution in [3.8, 4) is 0 Å². The molecule has 1 aromatic rings. The van der Waals surface area contributed by atoms with Gasteiger partial charge in [0.15, 0.2) is 0 Å². The fourth-order valence-corrected chi connectivity index (χ4v) is 2.69. The van der Waals surface area contributed by atoms with Crippen molar-refractivity contribution in [1.82, 2.24) is 0 Å². The average molecular weight is 317 g/mol. The van der Waals surface area contributed by atoms with Gasteiger partial charge in [0.2, 0.25) is 5.91 Å². The molecule has 0 saturated heterocycles. The van der Waals surface area contributed by atoms with Gasteiger partial charge in [-0.15, -0.1) is 0 Å². The second kappa shape index (κ2) is 5.60. The summed E-state index contributed by atoms with van der Waals surface area (Å²) in [5.41, 5.74) is 6.79. The van der Waals surface area contributed by atoms with Crippen LogP contribution in [-0.2, 0) is 16.0 Å². The van der Waals surface area contributed by atoms with Crippen LogP contribution in [0.3, 0.4) is 0 Å². The van der Waals surface area contributed by atoms with Gasteiger partial charge in [-0.05, 0) is 24.1 Å². The van der Waals surface area contributed by atoms with Crippen LogP contribution in [0.5, 0.6) is 0 Å². The number of anilines is 1. The molecule has 0 spiro atoms. The molecule has 0 bridgehead atoms. The topological polar surface area (TPSA) is 83.6 Å². The molecule has 0 saturated carbocycles. The maximum atomic E-state index is 12.3. The van der Waals surface area contributed by atoms with Crippen LogP contribution >= 0.6 is 23.2 Å². The summed E-state index contributed by atoms with van der Waals surface area (Å²) in [5, 5.41) is 9.93. The lowest BCUT2D eigenvalue weighted by atomic mass is 10.1. The Labute approximate surface area is 126 Å². The van der Waals surface area contributed by atoms with Gasteiger partial charge in [0.25, 0.3) is 0 Å². The van der Waals surface area contributed by atoms with E-state index in [0.29, 0.717) is 22.7 Å². The van der Waals surface area contributed by atoms with E-state index in [0.717, 1.165) is 0 Å². The number of carbonyl (C=O) groups excluding carboxylic acids is 1. The highest BCUT2D eigenvalue weighted by molar-refractivity contribution is 6.43. The zero-order valence-electron chi connectivity index (χ0n) is 10.8. The van der Waals surface area contributed by atoms with Gasteiger partial charge < -0.3 is 10.8 Å². The average Bonchev–Trinajstić information content (AvgIpc) is 2.81. The number of carboxylic acid groups (broad SMARTS) is 1. The summed E-state index contributed by atoms with van der Waals surface area (Å²) in [6.45, 7) is 1.77. The number of fused-ring (bicyclic) bond motifs is 1. The number of halogens is 2. The van der Waals surface area contributed by atoms with E-state index in [9.17, 15) is 14.7 Å². The van der Waals surface area contributed by atoms with Gasteiger partial charge in [-0.3, -0.25) is 9.69 Å². The number of hydrogen-bond acceptors (Lipinski definition) is 3. The van der Waals surface area contributed by atoms with Gasteiger partial charge in [0.05, 0.1) is 16.1 Å². The summed E-state index contributed by atoms with van der Waals surface area (Å²) in [6, 6.07) is 1.42. The maximum absolute atomic E-state index is 12.3. The minimum Gasteiger partial charge on any atom is -0.480 e. The predicted octanol–water partition coefficient (Wildman–Crippen LogP) is 2.07. The standard InChI is InChI=1S/C13H14Cl2N2O3/c1-2-8(16)12(18)17-9-4-3-7(14)11(15)6(9)5-10(17)13(19)20/h3-4,8,10H,2,5,16H2,1H3,(H,19,20)/t8-,10-/m0/s1. The van der Waals surface area contributed by atoms with Crippen LogP contribution in [0.2, 0.25) is 10.0 Å². The van der Waals surface area contributed by atoms with E-state index < -0.39 is 24.0 Å².